The Morgan fingerprint density at radius 2 is 1.91 bits per heavy atom. The summed E-state index contributed by atoms with van der Waals surface area (Å²) in [6.07, 6.45) is 3.18. The molecule has 1 fully saturated rings. The number of carbonyl (C=O) groups excluding carboxylic acids is 2. The topological polar surface area (TPSA) is 123 Å². The van der Waals surface area contributed by atoms with Crippen LogP contribution < -0.4 is 4.74 Å². The molecule has 0 saturated carbocycles. The third kappa shape index (κ3) is 4.11. The Balaban J connectivity index is 1.87. The van der Waals surface area contributed by atoms with Crippen LogP contribution in [0.15, 0.2) is 72.6 Å². The first-order valence-corrected chi connectivity index (χ1v) is 10.4. The van der Waals surface area contributed by atoms with E-state index in [0.717, 1.165) is 0 Å². The maximum Gasteiger partial charge on any atom is 0.295 e. The van der Waals surface area contributed by atoms with E-state index in [1.807, 2.05) is 0 Å². The zero-order valence-electron chi connectivity index (χ0n) is 18.5. The highest BCUT2D eigenvalue weighted by Gasteiger charge is 2.46. The van der Waals surface area contributed by atoms with Gasteiger partial charge in [-0.25, -0.2) is 0 Å². The summed E-state index contributed by atoms with van der Waals surface area (Å²) in [5.41, 5.74) is 1.97. The number of ether oxygens (including phenoxy) is 1. The molecule has 1 aromatic heterocycles. The maximum absolute atomic E-state index is 13.2. The zero-order chi connectivity index (χ0) is 24.4. The molecule has 172 valence electrons. The predicted molar refractivity (Wildman–Crippen MR) is 123 cm³/mol. The van der Waals surface area contributed by atoms with E-state index in [4.69, 9.17) is 4.74 Å². The Bertz CT molecular complexity index is 1300. The lowest BCUT2D eigenvalue weighted by Gasteiger charge is -2.25. The van der Waals surface area contributed by atoms with E-state index < -0.39 is 22.7 Å². The van der Waals surface area contributed by atoms with Crippen molar-refractivity contribution in [3.05, 3.63) is 105 Å². The van der Waals surface area contributed by atoms with Gasteiger partial charge in [0.25, 0.3) is 17.4 Å². The molecule has 0 bridgehead atoms. The number of benzene rings is 2. The fourth-order valence-corrected chi connectivity index (χ4v) is 4.03. The molecule has 34 heavy (non-hydrogen) atoms. The summed E-state index contributed by atoms with van der Waals surface area (Å²) >= 11 is 0. The lowest BCUT2D eigenvalue weighted by molar-refractivity contribution is -0.384. The van der Waals surface area contributed by atoms with Crippen molar-refractivity contribution in [3.8, 4) is 5.75 Å². The fourth-order valence-electron chi connectivity index (χ4n) is 4.03. The molecule has 0 spiro atoms. The maximum atomic E-state index is 13.2. The van der Waals surface area contributed by atoms with Gasteiger partial charge in [0, 0.05) is 36.6 Å². The van der Waals surface area contributed by atoms with Gasteiger partial charge in [0.15, 0.2) is 0 Å². The van der Waals surface area contributed by atoms with Gasteiger partial charge in [0.05, 0.1) is 23.6 Å². The molecule has 0 aliphatic carbocycles. The number of nitro groups is 1. The second-order valence-corrected chi connectivity index (χ2v) is 7.82. The van der Waals surface area contributed by atoms with E-state index in [1.165, 1.54) is 36.3 Å². The van der Waals surface area contributed by atoms with Crippen LogP contribution >= 0.6 is 0 Å². The molecule has 0 radical (unpaired) electrons. The number of nitro benzene ring substituents is 1. The molecular formula is C25H21N3O6. The van der Waals surface area contributed by atoms with Crippen LogP contribution in [0.25, 0.3) is 5.76 Å². The molecule has 1 saturated heterocycles. The summed E-state index contributed by atoms with van der Waals surface area (Å²) < 4.78 is 5.21. The quantitative estimate of drug-likeness (QED) is 0.195. The predicted octanol–water partition coefficient (Wildman–Crippen LogP) is 3.93. The number of ketones is 1. The van der Waals surface area contributed by atoms with E-state index in [2.05, 4.69) is 4.98 Å². The molecular weight excluding hydrogens is 438 g/mol. The van der Waals surface area contributed by atoms with Crippen molar-refractivity contribution in [1.29, 1.82) is 0 Å². The third-order valence-electron chi connectivity index (χ3n) is 5.72. The summed E-state index contributed by atoms with van der Waals surface area (Å²) in [4.78, 5) is 42.2. The number of pyridine rings is 1. The number of Topliss-reactive ketones (excluding diaryl/α,β-unsaturated/α-hetero) is 1. The van der Waals surface area contributed by atoms with Crippen LogP contribution in [0.3, 0.4) is 0 Å². The van der Waals surface area contributed by atoms with Crippen molar-refractivity contribution in [3.63, 3.8) is 0 Å². The number of likely N-dealkylation sites (tertiary alicyclic amines) is 1. The molecule has 3 aromatic rings. The van der Waals surface area contributed by atoms with Gasteiger partial charge in [-0.3, -0.25) is 24.7 Å². The summed E-state index contributed by atoms with van der Waals surface area (Å²) in [5, 5.41) is 22.3. The second kappa shape index (κ2) is 9.14. The van der Waals surface area contributed by atoms with E-state index in [0.29, 0.717) is 28.0 Å². The number of rotatable bonds is 6. The van der Waals surface area contributed by atoms with E-state index >= 15 is 0 Å². The Morgan fingerprint density at radius 3 is 2.50 bits per heavy atom. The molecule has 2 heterocycles. The molecule has 1 N–H and O–H groups in total. The number of hydrogen-bond acceptors (Lipinski definition) is 7. The number of aliphatic hydroxyl groups is 1. The molecule has 9 nitrogen and oxygen atoms in total. The van der Waals surface area contributed by atoms with Crippen LogP contribution in [0.5, 0.6) is 5.75 Å². The van der Waals surface area contributed by atoms with Gasteiger partial charge < -0.3 is 14.7 Å². The van der Waals surface area contributed by atoms with Crippen molar-refractivity contribution in [2.75, 3.05) is 7.11 Å². The minimum atomic E-state index is -0.942. The SMILES string of the molecule is COc1ccc(C(O)=C2C(=O)C(=O)N(Cc3cccnc3)C2c2ccc([N+](=O)[O-])cc2)c(C)c1. The van der Waals surface area contributed by atoms with Crippen molar-refractivity contribution < 1.29 is 24.4 Å². The summed E-state index contributed by atoms with van der Waals surface area (Å²) in [6, 6.07) is 13.1. The molecule has 4 rings (SSSR count). The molecule has 1 aliphatic rings. The van der Waals surface area contributed by atoms with Crippen LogP contribution in [0.1, 0.15) is 28.3 Å². The monoisotopic (exact) mass is 459 g/mol. The smallest absolute Gasteiger partial charge is 0.295 e. The van der Waals surface area contributed by atoms with E-state index in [-0.39, 0.29) is 23.6 Å². The molecule has 2 aromatic carbocycles. The number of methoxy groups -OCH3 is 1. The Morgan fingerprint density at radius 1 is 1.18 bits per heavy atom. The van der Waals surface area contributed by atoms with Crippen molar-refractivity contribution >= 4 is 23.1 Å². The average Bonchev–Trinajstić information content (AvgIpc) is 3.09. The lowest BCUT2D eigenvalue weighted by atomic mass is 9.93. The van der Waals surface area contributed by atoms with Gasteiger partial charge in [-0.1, -0.05) is 6.07 Å². The first kappa shape index (κ1) is 22.7. The minimum Gasteiger partial charge on any atom is -0.507 e. The van der Waals surface area contributed by atoms with Crippen LogP contribution in [0.4, 0.5) is 5.69 Å². The minimum absolute atomic E-state index is 0.0679. The summed E-state index contributed by atoms with van der Waals surface area (Å²) in [5.74, 6) is -1.35. The Hall–Kier alpha value is -4.53. The Labute approximate surface area is 195 Å². The first-order chi connectivity index (χ1) is 16.3. The lowest BCUT2D eigenvalue weighted by Crippen LogP contribution is -2.29. The number of aromatic nitrogens is 1. The molecule has 1 aliphatic heterocycles. The van der Waals surface area contributed by atoms with Gasteiger partial charge in [-0.2, -0.15) is 0 Å². The average molecular weight is 459 g/mol. The van der Waals surface area contributed by atoms with Crippen molar-refractivity contribution in [1.82, 2.24) is 9.88 Å². The third-order valence-corrected chi connectivity index (χ3v) is 5.72. The van der Waals surface area contributed by atoms with Crippen LogP contribution in [-0.2, 0) is 16.1 Å². The summed E-state index contributed by atoms with van der Waals surface area (Å²) in [6.45, 7) is 1.82. The van der Waals surface area contributed by atoms with Crippen molar-refractivity contribution in [2.45, 2.75) is 19.5 Å². The number of hydrogen-bond donors (Lipinski definition) is 1. The number of aliphatic hydroxyl groups excluding tert-OH is 1. The largest absolute Gasteiger partial charge is 0.507 e. The van der Waals surface area contributed by atoms with Gasteiger partial charge in [-0.05, 0) is 60.0 Å². The van der Waals surface area contributed by atoms with Crippen LogP contribution in [0, 0.1) is 17.0 Å². The number of amides is 1. The number of non-ortho nitro benzene ring substituents is 1. The van der Waals surface area contributed by atoms with E-state index in [9.17, 15) is 24.8 Å². The van der Waals surface area contributed by atoms with Crippen molar-refractivity contribution in [2.24, 2.45) is 0 Å². The summed E-state index contributed by atoms with van der Waals surface area (Å²) in [7, 11) is 1.52. The van der Waals surface area contributed by atoms with Gasteiger partial charge >= 0.3 is 0 Å². The molecule has 1 unspecified atom stereocenters. The Kier molecular flexibility index (Phi) is 6.09. The van der Waals surface area contributed by atoms with Gasteiger partial charge in [0.1, 0.15) is 11.5 Å². The highest BCUT2D eigenvalue weighted by molar-refractivity contribution is 6.46. The normalized spacial score (nSPS) is 17.1. The number of nitrogens with zero attached hydrogens (tertiary/aromatic N) is 3. The number of aryl methyl sites for hydroxylation is 1. The molecule has 1 amide bonds. The molecule has 9 heteroatoms. The molecule has 1 atom stereocenters. The number of carbonyl (C=O) groups is 2. The van der Waals surface area contributed by atoms with Crippen LogP contribution in [0.2, 0.25) is 0 Å². The fraction of sp³-hybridized carbons (Fsp3) is 0.160. The first-order valence-electron chi connectivity index (χ1n) is 10.4. The van der Waals surface area contributed by atoms with E-state index in [1.54, 1.807) is 49.6 Å². The van der Waals surface area contributed by atoms with Gasteiger partial charge in [0.2, 0.25) is 0 Å². The zero-order valence-corrected chi connectivity index (χ0v) is 18.5. The van der Waals surface area contributed by atoms with Crippen LogP contribution in [-0.4, -0.2) is 38.7 Å². The van der Waals surface area contributed by atoms with Gasteiger partial charge in [-0.15, -0.1) is 0 Å². The second-order valence-electron chi connectivity index (χ2n) is 7.82. The standard InChI is InChI=1S/C25H21N3O6/c1-15-12-19(34-2)9-10-20(15)23(29)21-22(17-5-7-18(8-6-17)28(32)33)27(25(31)24(21)30)14-16-4-3-11-26-13-16/h3-13,22,29H,14H2,1-2H3. The highest BCUT2D eigenvalue weighted by atomic mass is 16.6. The highest BCUT2D eigenvalue weighted by Crippen LogP contribution is 2.41.